The summed E-state index contributed by atoms with van der Waals surface area (Å²) in [6, 6.07) is 5.80. The van der Waals surface area contributed by atoms with Gasteiger partial charge in [-0.2, -0.15) is 0 Å². The number of carbonyl (C=O) groups excluding carboxylic acids is 1. The molecular weight excluding hydrogens is 276 g/mol. The van der Waals surface area contributed by atoms with E-state index in [4.69, 9.17) is 10.8 Å². The van der Waals surface area contributed by atoms with Crippen LogP contribution < -0.4 is 10.6 Å². The van der Waals surface area contributed by atoms with E-state index in [0.717, 1.165) is 16.1 Å². The van der Waals surface area contributed by atoms with E-state index in [1.165, 1.54) is 11.8 Å². The zero-order chi connectivity index (χ0) is 14.7. The molecule has 0 fully saturated rings. The molecule has 0 bridgehead atoms. The maximum atomic E-state index is 12.0. The summed E-state index contributed by atoms with van der Waals surface area (Å²) in [6.45, 7) is 2.36. The summed E-state index contributed by atoms with van der Waals surface area (Å²) < 4.78 is 0. The molecule has 0 spiro atoms. The lowest BCUT2D eigenvalue weighted by Crippen LogP contribution is -2.36. The molecule has 0 aromatic heterocycles. The van der Waals surface area contributed by atoms with Crippen LogP contribution in [0.5, 0.6) is 0 Å². The van der Waals surface area contributed by atoms with Crippen molar-refractivity contribution in [2.45, 2.75) is 30.7 Å². The number of anilines is 1. The largest absolute Gasteiger partial charge is 0.481 e. The number of thioether (sulfide) groups is 1. The molecule has 1 amide bonds. The first-order chi connectivity index (χ1) is 9.49. The predicted molar refractivity (Wildman–Crippen MR) is 79.0 cm³/mol. The van der Waals surface area contributed by atoms with Gasteiger partial charge >= 0.3 is 5.97 Å². The first kappa shape index (κ1) is 14.9. The van der Waals surface area contributed by atoms with Crippen LogP contribution in [0.2, 0.25) is 0 Å². The minimum absolute atomic E-state index is 0.0291. The van der Waals surface area contributed by atoms with Gasteiger partial charge in [-0.25, -0.2) is 0 Å². The smallest absolute Gasteiger partial charge is 0.303 e. The molecule has 6 heteroatoms. The fourth-order valence-corrected chi connectivity index (χ4v) is 3.12. The molecule has 1 aromatic rings. The maximum absolute atomic E-state index is 12.0. The van der Waals surface area contributed by atoms with Crippen molar-refractivity contribution < 1.29 is 14.7 Å². The lowest BCUT2D eigenvalue weighted by atomic mass is 10.1. The van der Waals surface area contributed by atoms with Gasteiger partial charge in [-0.3, -0.25) is 9.59 Å². The maximum Gasteiger partial charge on any atom is 0.303 e. The number of carboxylic acid groups (broad SMARTS) is 1. The number of amides is 1. The van der Waals surface area contributed by atoms with Crippen molar-refractivity contribution in [1.82, 2.24) is 0 Å². The summed E-state index contributed by atoms with van der Waals surface area (Å²) in [6.07, 6.45) is 0.532. The Bertz CT molecular complexity index is 531. The fraction of sp³-hybridized carbons (Fsp3) is 0.429. The van der Waals surface area contributed by atoms with Crippen LogP contribution in [0, 0.1) is 0 Å². The van der Waals surface area contributed by atoms with E-state index in [1.54, 1.807) is 4.90 Å². The van der Waals surface area contributed by atoms with Crippen molar-refractivity contribution in [2.75, 3.05) is 17.2 Å². The number of nitrogens with zero attached hydrogens (tertiary/aromatic N) is 1. The number of fused-ring (bicyclic) bond motifs is 1. The molecule has 0 saturated heterocycles. The topological polar surface area (TPSA) is 83.6 Å². The van der Waals surface area contributed by atoms with Gasteiger partial charge in [0.25, 0.3) is 0 Å². The monoisotopic (exact) mass is 294 g/mol. The van der Waals surface area contributed by atoms with Crippen molar-refractivity contribution in [1.29, 1.82) is 0 Å². The second-order valence-corrected chi connectivity index (χ2v) is 5.86. The third kappa shape index (κ3) is 3.32. The highest BCUT2D eigenvalue weighted by Crippen LogP contribution is 2.36. The van der Waals surface area contributed by atoms with Crippen LogP contribution in [0.3, 0.4) is 0 Å². The van der Waals surface area contributed by atoms with Crippen molar-refractivity contribution in [2.24, 2.45) is 5.73 Å². The van der Waals surface area contributed by atoms with E-state index in [-0.39, 0.29) is 18.4 Å². The van der Waals surface area contributed by atoms with Crippen molar-refractivity contribution >= 4 is 29.3 Å². The van der Waals surface area contributed by atoms with Crippen LogP contribution in [-0.2, 0) is 9.59 Å². The predicted octanol–water partition coefficient (Wildman–Crippen LogP) is 2.01. The van der Waals surface area contributed by atoms with Crippen LogP contribution >= 0.6 is 11.8 Å². The third-order valence-electron chi connectivity index (χ3n) is 3.23. The first-order valence-electron chi connectivity index (χ1n) is 6.53. The molecule has 2 rings (SSSR count). The lowest BCUT2D eigenvalue weighted by Gasteiger charge is -2.29. The molecule has 1 heterocycles. The van der Waals surface area contributed by atoms with Gasteiger partial charge in [0.1, 0.15) is 0 Å². The minimum Gasteiger partial charge on any atom is -0.481 e. The Morgan fingerprint density at radius 1 is 1.55 bits per heavy atom. The highest BCUT2D eigenvalue weighted by molar-refractivity contribution is 8.00. The Hall–Kier alpha value is -1.53. The summed E-state index contributed by atoms with van der Waals surface area (Å²) in [5, 5.41) is 8.68. The van der Waals surface area contributed by atoms with Gasteiger partial charge in [0.2, 0.25) is 5.91 Å². The average Bonchev–Trinajstić information content (AvgIpc) is 2.40. The summed E-state index contributed by atoms with van der Waals surface area (Å²) in [7, 11) is 0. The summed E-state index contributed by atoms with van der Waals surface area (Å²) in [5.41, 5.74) is 7.77. The Morgan fingerprint density at radius 3 is 2.95 bits per heavy atom. The summed E-state index contributed by atoms with van der Waals surface area (Å²) >= 11 is 1.51. The SMILES string of the molecule is CC(N)c1ccc2c(c1)SCC(=O)N2CCCC(=O)O. The quantitative estimate of drug-likeness (QED) is 0.868. The Labute approximate surface area is 122 Å². The minimum atomic E-state index is -0.837. The Kier molecular flexibility index (Phi) is 4.67. The summed E-state index contributed by atoms with van der Waals surface area (Å²) in [5.74, 6) is -0.416. The molecular formula is C14H18N2O3S. The third-order valence-corrected chi connectivity index (χ3v) is 4.25. The molecule has 1 unspecified atom stereocenters. The molecule has 0 aliphatic carbocycles. The van der Waals surface area contributed by atoms with Crippen LogP contribution in [0.4, 0.5) is 5.69 Å². The molecule has 1 aromatic carbocycles. The number of benzene rings is 1. The highest BCUT2D eigenvalue weighted by Gasteiger charge is 2.24. The van der Waals surface area contributed by atoms with Gasteiger partial charge in [0.15, 0.2) is 0 Å². The zero-order valence-corrected chi connectivity index (χ0v) is 12.2. The van der Waals surface area contributed by atoms with Gasteiger partial charge in [-0.15, -0.1) is 11.8 Å². The van der Waals surface area contributed by atoms with Crippen molar-refractivity contribution in [3.63, 3.8) is 0 Å². The van der Waals surface area contributed by atoms with Crippen LogP contribution in [-0.4, -0.2) is 29.3 Å². The molecule has 20 heavy (non-hydrogen) atoms. The number of carbonyl (C=O) groups is 2. The highest BCUT2D eigenvalue weighted by atomic mass is 32.2. The van der Waals surface area contributed by atoms with Gasteiger partial charge in [0, 0.05) is 23.9 Å². The van der Waals surface area contributed by atoms with E-state index in [1.807, 2.05) is 25.1 Å². The molecule has 0 saturated carbocycles. The van der Waals surface area contributed by atoms with Crippen LogP contribution in [0.15, 0.2) is 23.1 Å². The Balaban J connectivity index is 2.18. The van der Waals surface area contributed by atoms with E-state index in [9.17, 15) is 9.59 Å². The van der Waals surface area contributed by atoms with Crippen LogP contribution in [0.25, 0.3) is 0 Å². The number of hydrogen-bond donors (Lipinski definition) is 2. The second kappa shape index (κ2) is 6.28. The molecule has 1 atom stereocenters. The number of carboxylic acids is 1. The Morgan fingerprint density at radius 2 is 2.30 bits per heavy atom. The fourth-order valence-electron chi connectivity index (χ4n) is 2.14. The zero-order valence-electron chi connectivity index (χ0n) is 11.3. The van der Waals surface area contributed by atoms with Gasteiger partial charge in [0.05, 0.1) is 11.4 Å². The van der Waals surface area contributed by atoms with Gasteiger partial charge < -0.3 is 15.7 Å². The van der Waals surface area contributed by atoms with E-state index < -0.39 is 5.97 Å². The van der Waals surface area contributed by atoms with E-state index >= 15 is 0 Å². The lowest BCUT2D eigenvalue weighted by molar-refractivity contribution is -0.137. The molecule has 1 aliphatic heterocycles. The second-order valence-electron chi connectivity index (χ2n) is 4.85. The van der Waals surface area contributed by atoms with Gasteiger partial charge in [-0.05, 0) is 31.0 Å². The van der Waals surface area contributed by atoms with Gasteiger partial charge in [-0.1, -0.05) is 6.07 Å². The molecule has 108 valence electrons. The molecule has 0 radical (unpaired) electrons. The number of aliphatic carboxylic acids is 1. The molecule has 5 nitrogen and oxygen atoms in total. The average molecular weight is 294 g/mol. The normalized spacial score (nSPS) is 15.9. The number of nitrogens with two attached hydrogens (primary N) is 1. The van der Waals surface area contributed by atoms with E-state index in [2.05, 4.69) is 0 Å². The number of rotatable bonds is 5. The van der Waals surface area contributed by atoms with Crippen LogP contribution in [0.1, 0.15) is 31.4 Å². The van der Waals surface area contributed by atoms with Crippen molar-refractivity contribution in [3.8, 4) is 0 Å². The molecule has 1 aliphatic rings. The summed E-state index contributed by atoms with van der Waals surface area (Å²) in [4.78, 5) is 25.3. The van der Waals surface area contributed by atoms with Crippen molar-refractivity contribution in [3.05, 3.63) is 23.8 Å². The van der Waals surface area contributed by atoms with E-state index in [0.29, 0.717) is 18.7 Å². The number of hydrogen-bond acceptors (Lipinski definition) is 4. The first-order valence-corrected chi connectivity index (χ1v) is 7.52. The molecule has 3 N–H and O–H groups in total. The standard InChI is InChI=1S/C14H18N2O3S/c1-9(15)10-4-5-11-12(7-10)20-8-13(17)16(11)6-2-3-14(18)19/h4-5,7,9H,2-3,6,8,15H2,1H3,(H,18,19).